The van der Waals surface area contributed by atoms with Crippen molar-refractivity contribution in [2.75, 3.05) is 19.0 Å². The first-order chi connectivity index (χ1) is 9.72. The minimum absolute atomic E-state index is 0. The van der Waals surface area contributed by atoms with E-state index in [1.54, 1.807) is 18.4 Å². The third kappa shape index (κ3) is 5.13. The Kier molecular flexibility index (Phi) is 7.39. The predicted molar refractivity (Wildman–Crippen MR) is 90.1 cm³/mol. The maximum atomic E-state index is 11.9. The van der Waals surface area contributed by atoms with E-state index in [4.69, 9.17) is 10.5 Å². The van der Waals surface area contributed by atoms with E-state index in [-0.39, 0.29) is 30.8 Å². The van der Waals surface area contributed by atoms with Gasteiger partial charge in [-0.05, 0) is 29.1 Å². The Hall–Kier alpha value is -1.40. The van der Waals surface area contributed by atoms with Crippen LogP contribution < -0.4 is 11.1 Å². The van der Waals surface area contributed by atoms with Crippen molar-refractivity contribution in [2.24, 2.45) is 5.73 Å². The van der Waals surface area contributed by atoms with Crippen LogP contribution in [0, 0.1) is 0 Å². The molecule has 0 bridgehead atoms. The van der Waals surface area contributed by atoms with E-state index >= 15 is 0 Å². The number of carbonyl (C=O) groups is 1. The highest BCUT2D eigenvalue weighted by molar-refractivity contribution is 7.13. The smallest absolute Gasteiger partial charge is 0.227 e. The van der Waals surface area contributed by atoms with Crippen molar-refractivity contribution in [3.63, 3.8) is 0 Å². The van der Waals surface area contributed by atoms with Gasteiger partial charge in [-0.3, -0.25) is 4.79 Å². The predicted octanol–water partition coefficient (Wildman–Crippen LogP) is 3.14. The monoisotopic (exact) mass is 326 g/mol. The normalized spacial score (nSPS) is 11.5. The van der Waals surface area contributed by atoms with Gasteiger partial charge in [-0.25, -0.2) is 0 Å². The molecule has 1 aromatic heterocycles. The van der Waals surface area contributed by atoms with Crippen molar-refractivity contribution in [1.82, 2.24) is 0 Å². The number of halogens is 1. The van der Waals surface area contributed by atoms with E-state index in [9.17, 15) is 4.79 Å². The SMILES string of the molecule is COC(CN)CC(=O)Nc1cccc(-c2cccs2)c1.Cl. The molecule has 0 radical (unpaired) electrons. The number of nitrogens with two attached hydrogens (primary N) is 1. The first-order valence-electron chi connectivity index (χ1n) is 6.39. The zero-order valence-electron chi connectivity index (χ0n) is 11.7. The zero-order valence-corrected chi connectivity index (χ0v) is 13.4. The van der Waals surface area contributed by atoms with Gasteiger partial charge in [-0.2, -0.15) is 0 Å². The molecule has 0 spiro atoms. The molecule has 21 heavy (non-hydrogen) atoms. The summed E-state index contributed by atoms with van der Waals surface area (Å²) in [4.78, 5) is 13.1. The van der Waals surface area contributed by atoms with Gasteiger partial charge in [0.05, 0.1) is 12.5 Å². The van der Waals surface area contributed by atoms with E-state index in [1.807, 2.05) is 35.7 Å². The highest BCUT2D eigenvalue weighted by Gasteiger charge is 2.11. The maximum absolute atomic E-state index is 11.9. The first kappa shape index (κ1) is 17.7. The van der Waals surface area contributed by atoms with Crippen LogP contribution >= 0.6 is 23.7 Å². The molecule has 0 aliphatic rings. The van der Waals surface area contributed by atoms with Crippen LogP contribution in [0.1, 0.15) is 6.42 Å². The number of carbonyl (C=O) groups excluding carboxylic acids is 1. The molecule has 2 aromatic rings. The molecule has 114 valence electrons. The van der Waals surface area contributed by atoms with E-state index in [2.05, 4.69) is 11.4 Å². The summed E-state index contributed by atoms with van der Waals surface area (Å²) in [7, 11) is 1.56. The summed E-state index contributed by atoms with van der Waals surface area (Å²) in [6, 6.07) is 11.9. The highest BCUT2D eigenvalue weighted by atomic mass is 35.5. The number of thiophene rings is 1. The summed E-state index contributed by atoms with van der Waals surface area (Å²) < 4.78 is 5.11. The van der Waals surface area contributed by atoms with Gasteiger partial charge in [0.25, 0.3) is 0 Å². The second kappa shape index (κ2) is 8.79. The Morgan fingerprint density at radius 1 is 1.38 bits per heavy atom. The standard InChI is InChI=1S/C15H18N2O2S.ClH/c1-19-13(10-16)9-15(18)17-12-5-2-4-11(8-12)14-6-3-7-20-14;/h2-8,13H,9-10,16H2,1H3,(H,17,18);1H. The fourth-order valence-corrected chi connectivity index (χ4v) is 2.60. The third-order valence-electron chi connectivity index (χ3n) is 2.96. The van der Waals surface area contributed by atoms with Crippen molar-refractivity contribution in [3.05, 3.63) is 41.8 Å². The summed E-state index contributed by atoms with van der Waals surface area (Å²) in [5.74, 6) is -0.0920. The molecule has 0 saturated heterocycles. The topological polar surface area (TPSA) is 64.3 Å². The van der Waals surface area contributed by atoms with Gasteiger partial charge in [0, 0.05) is 24.2 Å². The van der Waals surface area contributed by atoms with Crippen LogP contribution in [0.4, 0.5) is 5.69 Å². The Bertz CT molecular complexity index is 557. The minimum Gasteiger partial charge on any atom is -0.380 e. The van der Waals surface area contributed by atoms with Gasteiger partial charge in [-0.15, -0.1) is 23.7 Å². The van der Waals surface area contributed by atoms with Gasteiger partial charge in [-0.1, -0.05) is 18.2 Å². The Morgan fingerprint density at radius 3 is 2.81 bits per heavy atom. The lowest BCUT2D eigenvalue weighted by Gasteiger charge is -2.13. The lowest BCUT2D eigenvalue weighted by Crippen LogP contribution is -2.28. The third-order valence-corrected chi connectivity index (χ3v) is 3.88. The van der Waals surface area contributed by atoms with Gasteiger partial charge >= 0.3 is 0 Å². The first-order valence-corrected chi connectivity index (χ1v) is 7.27. The Balaban J connectivity index is 0.00000220. The minimum atomic E-state index is -0.240. The van der Waals surface area contributed by atoms with Crippen LogP contribution in [0.5, 0.6) is 0 Å². The van der Waals surface area contributed by atoms with E-state index < -0.39 is 0 Å². The van der Waals surface area contributed by atoms with Crippen molar-refractivity contribution < 1.29 is 9.53 Å². The Morgan fingerprint density at radius 2 is 2.19 bits per heavy atom. The molecule has 3 N–H and O–H groups in total. The number of methoxy groups -OCH3 is 1. The molecule has 1 heterocycles. The average molecular weight is 327 g/mol. The fraction of sp³-hybridized carbons (Fsp3) is 0.267. The second-order valence-corrected chi connectivity index (χ2v) is 5.35. The number of hydrogen-bond donors (Lipinski definition) is 2. The van der Waals surface area contributed by atoms with E-state index in [0.29, 0.717) is 6.54 Å². The lowest BCUT2D eigenvalue weighted by atomic mass is 10.1. The van der Waals surface area contributed by atoms with Gasteiger partial charge < -0.3 is 15.8 Å². The molecular weight excluding hydrogens is 308 g/mol. The van der Waals surface area contributed by atoms with Crippen LogP contribution in [-0.4, -0.2) is 25.7 Å². The van der Waals surface area contributed by atoms with E-state index in [0.717, 1.165) is 11.3 Å². The fourth-order valence-electron chi connectivity index (χ4n) is 1.87. The molecular formula is C15H19ClN2O2S. The number of nitrogens with one attached hydrogen (secondary N) is 1. The average Bonchev–Trinajstić information content (AvgIpc) is 2.99. The summed E-state index contributed by atoms with van der Waals surface area (Å²) in [6.45, 7) is 0.332. The van der Waals surface area contributed by atoms with Crippen LogP contribution in [0.25, 0.3) is 10.4 Å². The van der Waals surface area contributed by atoms with Crippen molar-refractivity contribution in [3.8, 4) is 10.4 Å². The van der Waals surface area contributed by atoms with Crippen molar-refractivity contribution in [2.45, 2.75) is 12.5 Å². The number of ether oxygens (including phenoxy) is 1. The van der Waals surface area contributed by atoms with Crippen LogP contribution in [-0.2, 0) is 9.53 Å². The van der Waals surface area contributed by atoms with Crippen molar-refractivity contribution >= 4 is 35.3 Å². The number of benzene rings is 1. The molecule has 0 fully saturated rings. The summed E-state index contributed by atoms with van der Waals surface area (Å²) in [6.07, 6.45) is 0.0199. The largest absolute Gasteiger partial charge is 0.380 e. The Labute approximate surface area is 134 Å². The van der Waals surface area contributed by atoms with Gasteiger partial charge in [0.1, 0.15) is 0 Å². The number of amides is 1. The molecule has 0 aliphatic heterocycles. The van der Waals surface area contributed by atoms with Gasteiger partial charge in [0.2, 0.25) is 5.91 Å². The molecule has 4 nitrogen and oxygen atoms in total. The quantitative estimate of drug-likeness (QED) is 0.857. The lowest BCUT2D eigenvalue weighted by molar-refractivity contribution is -0.118. The molecule has 1 aromatic carbocycles. The molecule has 2 rings (SSSR count). The number of hydrogen-bond acceptors (Lipinski definition) is 4. The van der Waals surface area contributed by atoms with Gasteiger partial charge in [0.15, 0.2) is 0 Å². The zero-order chi connectivity index (χ0) is 14.4. The summed E-state index contributed by atoms with van der Waals surface area (Å²) in [5.41, 5.74) is 7.39. The summed E-state index contributed by atoms with van der Waals surface area (Å²) >= 11 is 1.67. The molecule has 1 atom stereocenters. The molecule has 0 saturated carbocycles. The molecule has 0 aliphatic carbocycles. The van der Waals surface area contributed by atoms with E-state index in [1.165, 1.54) is 4.88 Å². The van der Waals surface area contributed by atoms with Crippen molar-refractivity contribution in [1.29, 1.82) is 0 Å². The van der Waals surface area contributed by atoms with Crippen LogP contribution in [0.15, 0.2) is 41.8 Å². The number of rotatable bonds is 6. The molecule has 1 amide bonds. The highest BCUT2D eigenvalue weighted by Crippen LogP contribution is 2.26. The molecule has 6 heteroatoms. The second-order valence-electron chi connectivity index (χ2n) is 4.40. The summed E-state index contributed by atoms with van der Waals surface area (Å²) in [5, 5.41) is 4.91. The van der Waals surface area contributed by atoms with Crippen LogP contribution in [0.3, 0.4) is 0 Å². The maximum Gasteiger partial charge on any atom is 0.227 e. The molecule has 1 unspecified atom stereocenters. The number of anilines is 1. The van der Waals surface area contributed by atoms with Crippen LogP contribution in [0.2, 0.25) is 0 Å².